The van der Waals surface area contributed by atoms with E-state index in [0.29, 0.717) is 41.0 Å². The lowest BCUT2D eigenvalue weighted by atomic mass is 10.2. The lowest BCUT2D eigenvalue weighted by molar-refractivity contribution is -0.115. The monoisotopic (exact) mass is 305 g/mol. The van der Waals surface area contributed by atoms with Gasteiger partial charge in [0.2, 0.25) is 5.91 Å². The van der Waals surface area contributed by atoms with Gasteiger partial charge in [0.15, 0.2) is 5.65 Å². The zero-order valence-corrected chi connectivity index (χ0v) is 12.7. The zero-order chi connectivity index (χ0) is 16.4. The van der Waals surface area contributed by atoms with Crippen LogP contribution < -0.4 is 5.32 Å². The first kappa shape index (κ1) is 14.7. The molecule has 0 radical (unpaired) electrons. The van der Waals surface area contributed by atoms with Crippen LogP contribution in [-0.2, 0) is 11.3 Å². The average Bonchev–Trinajstić information content (AvgIpc) is 2.85. The van der Waals surface area contributed by atoms with E-state index in [-0.39, 0.29) is 5.91 Å². The number of anilines is 1. The van der Waals surface area contributed by atoms with Gasteiger partial charge in [-0.25, -0.2) is 9.97 Å². The van der Waals surface area contributed by atoms with Crippen LogP contribution in [0.4, 0.5) is 5.82 Å². The molecule has 0 atom stereocenters. The van der Waals surface area contributed by atoms with Crippen molar-refractivity contribution in [1.82, 2.24) is 14.5 Å². The van der Waals surface area contributed by atoms with E-state index < -0.39 is 0 Å². The summed E-state index contributed by atoms with van der Waals surface area (Å²) in [6.07, 6.45) is 2.02. The van der Waals surface area contributed by atoms with Gasteiger partial charge in [-0.15, -0.1) is 6.58 Å². The molecule has 0 aliphatic heterocycles. The van der Waals surface area contributed by atoms with Crippen molar-refractivity contribution in [1.29, 1.82) is 5.26 Å². The Morgan fingerprint density at radius 3 is 2.70 bits per heavy atom. The van der Waals surface area contributed by atoms with Gasteiger partial charge < -0.3 is 9.88 Å². The number of rotatable bonds is 4. The van der Waals surface area contributed by atoms with Crippen LogP contribution in [0, 0.1) is 11.3 Å². The number of fused-ring (bicyclic) bond motifs is 2. The molecular formula is C17H15N5O. The van der Waals surface area contributed by atoms with Gasteiger partial charge in [0.1, 0.15) is 23.0 Å². The second kappa shape index (κ2) is 5.89. The van der Waals surface area contributed by atoms with Gasteiger partial charge in [0, 0.05) is 13.0 Å². The minimum Gasteiger partial charge on any atom is -0.311 e. The van der Waals surface area contributed by atoms with Crippen LogP contribution in [0.1, 0.15) is 18.9 Å². The van der Waals surface area contributed by atoms with Crippen LogP contribution in [0.15, 0.2) is 36.9 Å². The van der Waals surface area contributed by atoms with Crippen molar-refractivity contribution in [3.05, 3.63) is 42.5 Å². The van der Waals surface area contributed by atoms with Gasteiger partial charge in [0.25, 0.3) is 0 Å². The highest BCUT2D eigenvalue weighted by Gasteiger charge is 2.21. The molecule has 0 aliphatic rings. The highest BCUT2D eigenvalue weighted by Crippen LogP contribution is 2.29. The Morgan fingerprint density at radius 2 is 2.09 bits per heavy atom. The van der Waals surface area contributed by atoms with Gasteiger partial charge in [0.05, 0.1) is 11.0 Å². The maximum Gasteiger partial charge on any atom is 0.225 e. The van der Waals surface area contributed by atoms with Crippen LogP contribution in [0.5, 0.6) is 0 Å². The van der Waals surface area contributed by atoms with E-state index in [1.54, 1.807) is 17.6 Å². The quantitative estimate of drug-likeness (QED) is 0.751. The number of hydrogen-bond acceptors (Lipinski definition) is 4. The molecule has 1 N–H and O–H groups in total. The SMILES string of the molecule is C=CCn1c(NC(=O)CC)c(C#N)c2nc3ccccc3nc21. The van der Waals surface area contributed by atoms with E-state index in [9.17, 15) is 10.1 Å². The van der Waals surface area contributed by atoms with E-state index in [0.717, 1.165) is 5.52 Å². The lowest BCUT2D eigenvalue weighted by Gasteiger charge is -2.08. The second-order valence-electron chi connectivity index (χ2n) is 5.02. The summed E-state index contributed by atoms with van der Waals surface area (Å²) in [4.78, 5) is 21.0. The molecule has 6 nitrogen and oxygen atoms in total. The number of carbonyl (C=O) groups excluding carboxylic acids is 1. The third-order valence-electron chi connectivity index (χ3n) is 3.55. The Bertz CT molecular complexity index is 964. The van der Waals surface area contributed by atoms with Crippen molar-refractivity contribution in [2.45, 2.75) is 19.9 Å². The molecule has 3 rings (SSSR count). The molecular weight excluding hydrogens is 290 g/mol. The molecule has 0 saturated heterocycles. The van der Waals surface area contributed by atoms with Crippen molar-refractivity contribution < 1.29 is 4.79 Å². The second-order valence-corrected chi connectivity index (χ2v) is 5.02. The minimum atomic E-state index is -0.167. The van der Waals surface area contributed by atoms with Crippen LogP contribution in [0.2, 0.25) is 0 Å². The third-order valence-corrected chi connectivity index (χ3v) is 3.55. The van der Waals surface area contributed by atoms with E-state index in [1.165, 1.54) is 0 Å². The molecule has 0 unspecified atom stereocenters. The molecule has 0 fully saturated rings. The number of para-hydroxylation sites is 2. The maximum absolute atomic E-state index is 11.8. The fourth-order valence-corrected chi connectivity index (χ4v) is 2.46. The molecule has 0 saturated carbocycles. The number of hydrogen-bond donors (Lipinski definition) is 1. The molecule has 3 aromatic rings. The largest absolute Gasteiger partial charge is 0.311 e. The Kier molecular flexibility index (Phi) is 3.77. The highest BCUT2D eigenvalue weighted by molar-refractivity contribution is 5.98. The molecule has 2 heterocycles. The maximum atomic E-state index is 11.8. The summed E-state index contributed by atoms with van der Waals surface area (Å²) < 4.78 is 1.76. The van der Waals surface area contributed by atoms with Crippen molar-refractivity contribution in [3.63, 3.8) is 0 Å². The topological polar surface area (TPSA) is 83.6 Å². The van der Waals surface area contributed by atoms with Crippen LogP contribution in [-0.4, -0.2) is 20.4 Å². The summed E-state index contributed by atoms with van der Waals surface area (Å²) in [6, 6.07) is 9.60. The fraction of sp³-hybridized carbons (Fsp3) is 0.176. The summed E-state index contributed by atoms with van der Waals surface area (Å²) in [5, 5.41) is 12.3. The number of nitrogens with one attached hydrogen (secondary N) is 1. The summed E-state index contributed by atoms with van der Waals surface area (Å²) >= 11 is 0. The standard InChI is InChI=1S/C17H15N5O/c1-3-9-22-16(21-14(23)4-2)11(10-18)15-17(22)20-13-8-6-5-7-12(13)19-15/h3,5-8H,1,4,9H2,2H3,(H,21,23). The Morgan fingerprint density at radius 1 is 1.39 bits per heavy atom. The number of carbonyl (C=O) groups is 1. The van der Waals surface area contributed by atoms with Gasteiger partial charge in [-0.2, -0.15) is 5.26 Å². The minimum absolute atomic E-state index is 0.167. The number of amides is 1. The zero-order valence-electron chi connectivity index (χ0n) is 12.7. The van der Waals surface area contributed by atoms with Crippen molar-refractivity contribution >= 4 is 33.9 Å². The summed E-state index contributed by atoms with van der Waals surface area (Å²) in [7, 11) is 0. The summed E-state index contributed by atoms with van der Waals surface area (Å²) in [5.41, 5.74) is 2.81. The van der Waals surface area contributed by atoms with E-state index >= 15 is 0 Å². The van der Waals surface area contributed by atoms with Crippen LogP contribution in [0.25, 0.3) is 22.2 Å². The molecule has 114 valence electrons. The number of aromatic nitrogens is 3. The average molecular weight is 305 g/mol. The molecule has 0 aliphatic carbocycles. The number of allylic oxidation sites excluding steroid dienone is 1. The number of nitrogens with zero attached hydrogens (tertiary/aromatic N) is 4. The number of nitriles is 1. The molecule has 1 amide bonds. The first-order valence-corrected chi connectivity index (χ1v) is 7.29. The van der Waals surface area contributed by atoms with Crippen LogP contribution >= 0.6 is 0 Å². The normalized spacial score (nSPS) is 10.6. The smallest absolute Gasteiger partial charge is 0.225 e. The van der Waals surface area contributed by atoms with Crippen molar-refractivity contribution in [2.24, 2.45) is 0 Å². The molecule has 6 heteroatoms. The third kappa shape index (κ3) is 2.42. The highest BCUT2D eigenvalue weighted by atomic mass is 16.1. The molecule has 2 aromatic heterocycles. The summed E-state index contributed by atoms with van der Waals surface area (Å²) in [6.45, 7) is 5.91. The Hall–Kier alpha value is -3.20. The first-order chi connectivity index (χ1) is 11.2. The molecule has 0 spiro atoms. The van der Waals surface area contributed by atoms with E-state index in [2.05, 4.69) is 27.9 Å². The van der Waals surface area contributed by atoms with Gasteiger partial charge >= 0.3 is 0 Å². The Labute approximate surface area is 133 Å². The lowest BCUT2D eigenvalue weighted by Crippen LogP contribution is -2.14. The van der Waals surface area contributed by atoms with Gasteiger partial charge in [-0.05, 0) is 12.1 Å². The van der Waals surface area contributed by atoms with E-state index in [1.807, 2.05) is 24.3 Å². The van der Waals surface area contributed by atoms with Gasteiger partial charge in [-0.1, -0.05) is 25.1 Å². The molecule has 23 heavy (non-hydrogen) atoms. The fourth-order valence-electron chi connectivity index (χ4n) is 2.46. The number of benzene rings is 1. The van der Waals surface area contributed by atoms with Crippen molar-refractivity contribution in [3.8, 4) is 6.07 Å². The molecule has 0 bridgehead atoms. The predicted octanol–water partition coefficient (Wildman–Crippen LogP) is 2.99. The summed E-state index contributed by atoms with van der Waals surface area (Å²) in [5.74, 6) is 0.253. The molecule has 1 aromatic carbocycles. The predicted molar refractivity (Wildman–Crippen MR) is 88.9 cm³/mol. The van der Waals surface area contributed by atoms with Crippen LogP contribution in [0.3, 0.4) is 0 Å². The van der Waals surface area contributed by atoms with Gasteiger partial charge in [-0.3, -0.25) is 4.79 Å². The first-order valence-electron chi connectivity index (χ1n) is 7.29. The van der Waals surface area contributed by atoms with E-state index in [4.69, 9.17) is 0 Å². The van der Waals surface area contributed by atoms with Crippen molar-refractivity contribution in [2.75, 3.05) is 5.32 Å². The Balaban J connectivity index is 2.37.